The van der Waals surface area contributed by atoms with Crippen molar-refractivity contribution in [2.24, 2.45) is 0 Å². The highest BCUT2D eigenvalue weighted by Gasteiger charge is 2.43. The molecule has 1 atom stereocenters. The molecule has 1 fully saturated rings. The third-order valence-electron chi connectivity index (χ3n) is 4.21. The number of nitrogens with zero attached hydrogens (tertiary/aromatic N) is 5. The first-order valence-electron chi connectivity index (χ1n) is 8.59. The van der Waals surface area contributed by atoms with E-state index in [-0.39, 0.29) is 5.97 Å². The van der Waals surface area contributed by atoms with Crippen molar-refractivity contribution in [3.05, 3.63) is 35.7 Å². The number of aryl methyl sites for hydroxylation is 1. The molecular formula is C17H23N5O3. The van der Waals surface area contributed by atoms with E-state index in [1.165, 1.54) is 0 Å². The van der Waals surface area contributed by atoms with Gasteiger partial charge in [-0.15, -0.1) is 5.10 Å². The fourth-order valence-electron chi connectivity index (χ4n) is 2.94. The maximum atomic E-state index is 12.4. The topological polar surface area (TPSA) is 92.0 Å². The van der Waals surface area contributed by atoms with Gasteiger partial charge in [0, 0.05) is 25.4 Å². The molecule has 2 aromatic heterocycles. The normalized spacial score (nSPS) is 20.4. The highest BCUT2D eigenvalue weighted by molar-refractivity contribution is 5.80. The summed E-state index contributed by atoms with van der Waals surface area (Å²) in [6, 6.07) is 0. The van der Waals surface area contributed by atoms with E-state index in [4.69, 9.17) is 9.47 Å². The highest BCUT2D eigenvalue weighted by atomic mass is 16.6. The van der Waals surface area contributed by atoms with Gasteiger partial charge in [0.25, 0.3) is 0 Å². The molecule has 3 heterocycles. The van der Waals surface area contributed by atoms with Crippen LogP contribution < -0.4 is 0 Å². The van der Waals surface area contributed by atoms with Gasteiger partial charge in [0.2, 0.25) is 0 Å². The van der Waals surface area contributed by atoms with E-state index in [2.05, 4.69) is 20.3 Å². The first-order valence-corrected chi connectivity index (χ1v) is 8.59. The molecule has 0 spiro atoms. The zero-order valence-electron chi connectivity index (χ0n) is 14.6. The smallest absolute Gasteiger partial charge is 0.338 e. The summed E-state index contributed by atoms with van der Waals surface area (Å²) in [7, 11) is 0. The summed E-state index contributed by atoms with van der Waals surface area (Å²) in [6.45, 7) is 5.07. The summed E-state index contributed by atoms with van der Waals surface area (Å²) >= 11 is 0. The number of hydrogen-bond donors (Lipinski definition) is 0. The molecule has 3 rings (SSSR count). The number of carbonyl (C=O) groups excluding carboxylic acids is 1. The van der Waals surface area contributed by atoms with Crippen molar-refractivity contribution in [1.29, 1.82) is 0 Å². The fraction of sp³-hybridized carbons (Fsp3) is 0.588. The first kappa shape index (κ1) is 17.5. The van der Waals surface area contributed by atoms with Gasteiger partial charge in [0.1, 0.15) is 0 Å². The van der Waals surface area contributed by atoms with Gasteiger partial charge in [-0.05, 0) is 33.1 Å². The van der Waals surface area contributed by atoms with Crippen LogP contribution in [0, 0.1) is 6.92 Å². The molecule has 25 heavy (non-hydrogen) atoms. The van der Waals surface area contributed by atoms with Gasteiger partial charge in [-0.25, -0.2) is 9.48 Å². The molecule has 0 aromatic carbocycles. The molecule has 1 unspecified atom stereocenters. The van der Waals surface area contributed by atoms with Gasteiger partial charge in [0.15, 0.2) is 5.60 Å². The van der Waals surface area contributed by atoms with E-state index in [9.17, 15) is 4.79 Å². The van der Waals surface area contributed by atoms with Crippen molar-refractivity contribution in [2.45, 2.75) is 51.7 Å². The van der Waals surface area contributed by atoms with Crippen molar-refractivity contribution in [2.75, 3.05) is 13.2 Å². The SMILES string of the molecule is CCOC(=O)C1(Cc2cn(Cc3cnc(C)cn3)nn2)CCCCO1. The predicted octanol–water partition coefficient (Wildman–Crippen LogP) is 1.47. The number of aromatic nitrogens is 5. The van der Waals surface area contributed by atoms with Crippen LogP contribution in [0.3, 0.4) is 0 Å². The van der Waals surface area contributed by atoms with E-state index in [1.54, 1.807) is 24.0 Å². The maximum Gasteiger partial charge on any atom is 0.338 e. The van der Waals surface area contributed by atoms with Crippen LogP contribution in [0.25, 0.3) is 0 Å². The Morgan fingerprint density at radius 1 is 1.32 bits per heavy atom. The van der Waals surface area contributed by atoms with Crippen molar-refractivity contribution < 1.29 is 14.3 Å². The van der Waals surface area contributed by atoms with Gasteiger partial charge in [-0.1, -0.05) is 5.21 Å². The van der Waals surface area contributed by atoms with E-state index >= 15 is 0 Å². The molecule has 134 valence electrons. The van der Waals surface area contributed by atoms with Crippen molar-refractivity contribution >= 4 is 5.97 Å². The molecule has 2 aromatic rings. The van der Waals surface area contributed by atoms with E-state index in [0.717, 1.165) is 24.2 Å². The third kappa shape index (κ3) is 4.19. The van der Waals surface area contributed by atoms with Gasteiger partial charge in [0.05, 0.1) is 36.4 Å². The molecule has 8 nitrogen and oxygen atoms in total. The Morgan fingerprint density at radius 3 is 2.88 bits per heavy atom. The zero-order valence-corrected chi connectivity index (χ0v) is 14.6. The minimum absolute atomic E-state index is 0.311. The number of hydrogen-bond acceptors (Lipinski definition) is 7. The predicted molar refractivity (Wildman–Crippen MR) is 88.8 cm³/mol. The van der Waals surface area contributed by atoms with Crippen molar-refractivity contribution in [3.63, 3.8) is 0 Å². The number of carbonyl (C=O) groups is 1. The zero-order chi connectivity index (χ0) is 17.7. The van der Waals surface area contributed by atoms with Crippen LogP contribution in [0.1, 0.15) is 43.3 Å². The average molecular weight is 345 g/mol. The molecule has 8 heteroatoms. The Labute approximate surface area is 146 Å². The Kier molecular flexibility index (Phi) is 5.37. The summed E-state index contributed by atoms with van der Waals surface area (Å²) in [5.74, 6) is -0.311. The first-order chi connectivity index (χ1) is 12.1. The standard InChI is InChI=1S/C17H23N5O3/c1-3-24-16(23)17(6-4-5-7-25-17)8-14-11-22(21-20-14)12-15-10-18-13(2)9-19-15/h9-11H,3-8,12H2,1-2H3. The summed E-state index contributed by atoms with van der Waals surface area (Å²) < 4.78 is 12.8. The van der Waals surface area contributed by atoms with Crippen LogP contribution in [-0.4, -0.2) is 49.7 Å². The van der Waals surface area contributed by atoms with Crippen LogP contribution in [0.4, 0.5) is 0 Å². The molecule has 0 aliphatic carbocycles. The lowest BCUT2D eigenvalue weighted by molar-refractivity contribution is -0.178. The van der Waals surface area contributed by atoms with E-state index in [0.29, 0.717) is 38.3 Å². The van der Waals surface area contributed by atoms with Crippen LogP contribution in [0.15, 0.2) is 18.6 Å². The maximum absolute atomic E-state index is 12.4. The Morgan fingerprint density at radius 2 is 2.20 bits per heavy atom. The van der Waals surface area contributed by atoms with Gasteiger partial charge < -0.3 is 9.47 Å². The number of ether oxygens (including phenoxy) is 2. The Hall–Kier alpha value is -2.35. The largest absolute Gasteiger partial charge is 0.464 e. The second-order valence-corrected chi connectivity index (χ2v) is 6.25. The summed E-state index contributed by atoms with van der Waals surface area (Å²) in [5.41, 5.74) is 1.43. The Balaban J connectivity index is 1.71. The minimum atomic E-state index is -0.946. The van der Waals surface area contributed by atoms with Crippen molar-refractivity contribution in [1.82, 2.24) is 25.0 Å². The molecule has 0 N–H and O–H groups in total. The molecule has 0 saturated carbocycles. The quantitative estimate of drug-likeness (QED) is 0.732. The van der Waals surface area contributed by atoms with Crippen LogP contribution >= 0.6 is 0 Å². The summed E-state index contributed by atoms with van der Waals surface area (Å²) in [4.78, 5) is 21.0. The van der Waals surface area contributed by atoms with Gasteiger partial charge in [-0.2, -0.15) is 0 Å². The minimum Gasteiger partial charge on any atom is -0.464 e. The molecule has 1 saturated heterocycles. The van der Waals surface area contributed by atoms with Crippen LogP contribution in [0.2, 0.25) is 0 Å². The van der Waals surface area contributed by atoms with Gasteiger partial charge >= 0.3 is 5.97 Å². The van der Waals surface area contributed by atoms with E-state index < -0.39 is 5.60 Å². The molecule has 0 bridgehead atoms. The summed E-state index contributed by atoms with van der Waals surface area (Å²) in [6.07, 6.45) is 8.17. The number of esters is 1. The Bertz CT molecular complexity index is 707. The van der Waals surface area contributed by atoms with Gasteiger partial charge in [-0.3, -0.25) is 9.97 Å². The van der Waals surface area contributed by atoms with E-state index in [1.807, 2.05) is 13.1 Å². The van der Waals surface area contributed by atoms with Crippen LogP contribution in [0.5, 0.6) is 0 Å². The van der Waals surface area contributed by atoms with Crippen molar-refractivity contribution in [3.8, 4) is 0 Å². The van der Waals surface area contributed by atoms with Crippen LogP contribution in [-0.2, 0) is 27.2 Å². The third-order valence-corrected chi connectivity index (χ3v) is 4.21. The lowest BCUT2D eigenvalue weighted by atomic mass is 9.89. The average Bonchev–Trinajstić information content (AvgIpc) is 3.05. The molecule has 0 amide bonds. The second-order valence-electron chi connectivity index (χ2n) is 6.25. The number of rotatable bonds is 6. The molecule has 1 aliphatic rings. The highest BCUT2D eigenvalue weighted by Crippen LogP contribution is 2.29. The molecular weight excluding hydrogens is 322 g/mol. The monoisotopic (exact) mass is 345 g/mol. The lowest BCUT2D eigenvalue weighted by Crippen LogP contribution is -2.47. The fourth-order valence-corrected chi connectivity index (χ4v) is 2.94. The second kappa shape index (κ2) is 7.69. The molecule has 0 radical (unpaired) electrons. The molecule has 1 aliphatic heterocycles. The lowest BCUT2D eigenvalue weighted by Gasteiger charge is -2.34. The summed E-state index contributed by atoms with van der Waals surface area (Å²) in [5, 5.41) is 8.32.